The van der Waals surface area contributed by atoms with Crippen molar-refractivity contribution in [1.82, 2.24) is 10.2 Å². The number of amides is 2. The summed E-state index contributed by atoms with van der Waals surface area (Å²) >= 11 is 0. The third-order valence-corrected chi connectivity index (χ3v) is 4.62. The topological polar surface area (TPSA) is 49.4 Å². The van der Waals surface area contributed by atoms with Crippen molar-refractivity contribution in [2.75, 3.05) is 6.54 Å². The van der Waals surface area contributed by atoms with E-state index in [1.165, 1.54) is 0 Å². The molecule has 2 aromatic rings. The van der Waals surface area contributed by atoms with E-state index in [0.717, 1.165) is 23.1 Å². The molecule has 0 aliphatic rings. The zero-order chi connectivity index (χ0) is 19.6. The minimum absolute atomic E-state index is 0.000456. The first-order valence-electron chi connectivity index (χ1n) is 9.68. The van der Waals surface area contributed by atoms with Crippen LogP contribution in [0.3, 0.4) is 0 Å². The van der Waals surface area contributed by atoms with Gasteiger partial charge in [0.1, 0.15) is 6.04 Å². The summed E-state index contributed by atoms with van der Waals surface area (Å²) in [5.74, 6) is -0.0999. The Morgan fingerprint density at radius 1 is 1.04 bits per heavy atom. The smallest absolute Gasteiger partial charge is 0.242 e. The number of carbonyl (C=O) groups is 2. The zero-order valence-electron chi connectivity index (χ0n) is 16.6. The van der Waals surface area contributed by atoms with Crippen molar-refractivity contribution in [1.29, 1.82) is 0 Å². The lowest BCUT2D eigenvalue weighted by Crippen LogP contribution is -2.47. The molecule has 4 heteroatoms. The van der Waals surface area contributed by atoms with E-state index < -0.39 is 6.04 Å². The highest BCUT2D eigenvalue weighted by atomic mass is 16.2. The number of nitrogens with zero attached hydrogens (tertiary/aromatic N) is 1. The second-order valence-electron chi connectivity index (χ2n) is 6.96. The molecule has 144 valence electrons. The minimum atomic E-state index is -0.500. The molecule has 27 heavy (non-hydrogen) atoms. The van der Waals surface area contributed by atoms with Crippen molar-refractivity contribution in [2.24, 2.45) is 0 Å². The average Bonchev–Trinajstić information content (AvgIpc) is 2.68. The van der Waals surface area contributed by atoms with Gasteiger partial charge in [0.05, 0.1) is 0 Å². The van der Waals surface area contributed by atoms with Crippen molar-refractivity contribution in [3.05, 3.63) is 71.3 Å². The Balaban J connectivity index is 2.11. The van der Waals surface area contributed by atoms with Gasteiger partial charge >= 0.3 is 0 Å². The summed E-state index contributed by atoms with van der Waals surface area (Å²) in [6, 6.07) is 17.5. The maximum absolute atomic E-state index is 13.0. The van der Waals surface area contributed by atoms with Crippen LogP contribution in [0.15, 0.2) is 54.6 Å². The van der Waals surface area contributed by atoms with Gasteiger partial charge in [-0.15, -0.1) is 0 Å². The van der Waals surface area contributed by atoms with Crippen molar-refractivity contribution in [3.63, 3.8) is 0 Å². The van der Waals surface area contributed by atoms with E-state index in [-0.39, 0.29) is 11.8 Å². The summed E-state index contributed by atoms with van der Waals surface area (Å²) < 4.78 is 0. The van der Waals surface area contributed by atoms with Gasteiger partial charge in [0.25, 0.3) is 0 Å². The molecule has 0 radical (unpaired) electrons. The molecule has 4 nitrogen and oxygen atoms in total. The molecule has 0 aliphatic heterocycles. The van der Waals surface area contributed by atoms with Crippen LogP contribution >= 0.6 is 0 Å². The maximum Gasteiger partial charge on any atom is 0.242 e. The Kier molecular flexibility index (Phi) is 8.05. The first-order valence-corrected chi connectivity index (χ1v) is 9.68. The molecule has 1 atom stereocenters. The number of carbonyl (C=O) groups excluding carboxylic acids is 2. The van der Waals surface area contributed by atoms with Gasteiger partial charge in [-0.2, -0.15) is 0 Å². The van der Waals surface area contributed by atoms with Crippen LogP contribution in [0.5, 0.6) is 0 Å². The van der Waals surface area contributed by atoms with E-state index in [1.54, 1.807) is 11.8 Å². The number of hydrogen-bond donors (Lipinski definition) is 1. The van der Waals surface area contributed by atoms with Gasteiger partial charge in [0, 0.05) is 19.5 Å². The lowest BCUT2D eigenvalue weighted by atomic mass is 10.1. The summed E-state index contributed by atoms with van der Waals surface area (Å²) in [7, 11) is 0. The molecule has 0 spiro atoms. The van der Waals surface area contributed by atoms with E-state index in [9.17, 15) is 9.59 Å². The highest BCUT2D eigenvalue weighted by Crippen LogP contribution is 2.14. The number of nitrogens with one attached hydrogen (secondary N) is 1. The highest BCUT2D eigenvalue weighted by molar-refractivity contribution is 5.87. The molecule has 1 N–H and O–H groups in total. The summed E-state index contributed by atoms with van der Waals surface area (Å²) in [4.78, 5) is 27.1. The maximum atomic E-state index is 13.0. The number of benzene rings is 2. The molecule has 0 bridgehead atoms. The predicted octanol–water partition coefficient (Wildman–Crippen LogP) is 3.87. The van der Waals surface area contributed by atoms with Crippen molar-refractivity contribution in [3.8, 4) is 0 Å². The molecule has 0 aliphatic carbocycles. The quantitative estimate of drug-likeness (QED) is 0.732. The van der Waals surface area contributed by atoms with Crippen LogP contribution in [0.25, 0.3) is 0 Å². The van der Waals surface area contributed by atoms with Crippen LogP contribution in [0, 0.1) is 6.92 Å². The van der Waals surface area contributed by atoms with Crippen molar-refractivity contribution in [2.45, 2.75) is 52.6 Å². The fourth-order valence-corrected chi connectivity index (χ4v) is 3.03. The molecule has 2 rings (SSSR count). The standard InChI is InChI=1S/C23H30N2O2/c1-4-15-24-23(27)19(3)25(17-21-12-8-9-18(2)16-21)22(26)14-13-20-10-6-5-7-11-20/h5-12,16,19H,4,13-15,17H2,1-3H3,(H,24,27). The van der Waals surface area contributed by atoms with Crippen LogP contribution in [-0.2, 0) is 22.6 Å². The number of aryl methyl sites for hydroxylation is 2. The monoisotopic (exact) mass is 366 g/mol. The van der Waals surface area contributed by atoms with Crippen LogP contribution in [-0.4, -0.2) is 29.3 Å². The predicted molar refractivity (Wildman–Crippen MR) is 109 cm³/mol. The largest absolute Gasteiger partial charge is 0.354 e. The molecule has 0 saturated heterocycles. The van der Waals surface area contributed by atoms with Crippen LogP contribution in [0.2, 0.25) is 0 Å². The van der Waals surface area contributed by atoms with Crippen LogP contribution in [0.1, 0.15) is 43.4 Å². The third-order valence-electron chi connectivity index (χ3n) is 4.62. The van der Waals surface area contributed by atoms with Crippen molar-refractivity contribution < 1.29 is 9.59 Å². The number of rotatable bonds is 9. The Bertz CT molecular complexity index is 743. The SMILES string of the molecule is CCCNC(=O)C(C)N(Cc1cccc(C)c1)C(=O)CCc1ccccc1. The summed E-state index contributed by atoms with van der Waals surface area (Å²) in [5, 5.41) is 2.91. The van der Waals surface area contributed by atoms with Gasteiger partial charge in [-0.3, -0.25) is 9.59 Å². The molecule has 0 fully saturated rings. The van der Waals surface area contributed by atoms with Gasteiger partial charge in [0.2, 0.25) is 11.8 Å². The van der Waals surface area contributed by atoms with E-state index in [4.69, 9.17) is 0 Å². The molecule has 0 aromatic heterocycles. The Morgan fingerprint density at radius 3 is 2.41 bits per heavy atom. The Labute approximate surface area is 162 Å². The first-order chi connectivity index (χ1) is 13.0. The first kappa shape index (κ1) is 20.7. The van der Waals surface area contributed by atoms with Crippen LogP contribution < -0.4 is 5.32 Å². The molecule has 0 heterocycles. The van der Waals surface area contributed by atoms with E-state index in [2.05, 4.69) is 11.4 Å². The molecular formula is C23H30N2O2. The molecule has 1 unspecified atom stereocenters. The molecule has 0 saturated carbocycles. The van der Waals surface area contributed by atoms with Gasteiger partial charge < -0.3 is 10.2 Å². The summed E-state index contributed by atoms with van der Waals surface area (Å²) in [5.41, 5.74) is 3.31. The fourth-order valence-electron chi connectivity index (χ4n) is 3.03. The van der Waals surface area contributed by atoms with E-state index >= 15 is 0 Å². The fraction of sp³-hybridized carbons (Fsp3) is 0.391. The Hall–Kier alpha value is -2.62. The summed E-state index contributed by atoms with van der Waals surface area (Å²) in [6.07, 6.45) is 1.94. The second kappa shape index (κ2) is 10.5. The minimum Gasteiger partial charge on any atom is -0.354 e. The second-order valence-corrected chi connectivity index (χ2v) is 6.96. The lowest BCUT2D eigenvalue weighted by molar-refractivity contribution is -0.140. The van der Waals surface area contributed by atoms with Crippen LogP contribution in [0.4, 0.5) is 0 Å². The third kappa shape index (κ3) is 6.55. The van der Waals surface area contributed by atoms with Gasteiger partial charge in [0.15, 0.2) is 0 Å². The summed E-state index contributed by atoms with van der Waals surface area (Å²) in [6.45, 7) is 6.92. The van der Waals surface area contributed by atoms with Crippen molar-refractivity contribution >= 4 is 11.8 Å². The average molecular weight is 367 g/mol. The van der Waals surface area contributed by atoms with Gasteiger partial charge in [-0.25, -0.2) is 0 Å². The molecule has 2 aromatic carbocycles. The van der Waals surface area contributed by atoms with E-state index in [0.29, 0.717) is 25.9 Å². The highest BCUT2D eigenvalue weighted by Gasteiger charge is 2.25. The zero-order valence-corrected chi connectivity index (χ0v) is 16.6. The lowest BCUT2D eigenvalue weighted by Gasteiger charge is -2.29. The Morgan fingerprint density at radius 2 is 1.74 bits per heavy atom. The molecular weight excluding hydrogens is 336 g/mol. The van der Waals surface area contributed by atoms with Gasteiger partial charge in [-0.1, -0.05) is 67.1 Å². The van der Waals surface area contributed by atoms with E-state index in [1.807, 2.05) is 62.4 Å². The van der Waals surface area contributed by atoms with Gasteiger partial charge in [-0.05, 0) is 37.8 Å². The normalized spacial score (nSPS) is 11.7. The molecule has 2 amide bonds. The number of hydrogen-bond acceptors (Lipinski definition) is 2.